The van der Waals surface area contributed by atoms with E-state index in [1.54, 1.807) is 12.1 Å². The SMILES string of the molecule is CN(C/C=C/C#CC(C)(C)C)Cc1cc(F)cc2ccccc12. The number of rotatable bonds is 4. The van der Waals surface area contributed by atoms with Crippen LogP contribution in [-0.2, 0) is 6.54 Å². The summed E-state index contributed by atoms with van der Waals surface area (Å²) in [4.78, 5) is 2.15. The summed E-state index contributed by atoms with van der Waals surface area (Å²) in [6.45, 7) is 7.76. The number of fused-ring (bicyclic) bond motifs is 1. The fourth-order valence-electron chi connectivity index (χ4n) is 2.39. The molecule has 0 radical (unpaired) electrons. The van der Waals surface area contributed by atoms with E-state index in [2.05, 4.69) is 37.5 Å². The minimum Gasteiger partial charge on any atom is -0.298 e. The number of hydrogen-bond acceptors (Lipinski definition) is 1. The van der Waals surface area contributed by atoms with E-state index < -0.39 is 0 Å². The van der Waals surface area contributed by atoms with Gasteiger partial charge in [-0.15, -0.1) is 0 Å². The van der Waals surface area contributed by atoms with Gasteiger partial charge in [-0.1, -0.05) is 42.2 Å². The molecule has 120 valence electrons. The summed E-state index contributed by atoms with van der Waals surface area (Å²) in [5.41, 5.74) is 1.04. The second-order valence-electron chi connectivity index (χ2n) is 6.90. The molecule has 0 bridgehead atoms. The van der Waals surface area contributed by atoms with Crippen LogP contribution in [0.2, 0.25) is 0 Å². The van der Waals surface area contributed by atoms with Crippen molar-refractivity contribution in [3.63, 3.8) is 0 Å². The maximum absolute atomic E-state index is 13.8. The Kier molecular flexibility index (Phi) is 5.58. The molecule has 23 heavy (non-hydrogen) atoms. The number of halogens is 1. The molecular weight excluding hydrogens is 285 g/mol. The summed E-state index contributed by atoms with van der Waals surface area (Å²) in [6, 6.07) is 11.1. The monoisotopic (exact) mass is 309 g/mol. The average molecular weight is 309 g/mol. The van der Waals surface area contributed by atoms with Gasteiger partial charge in [0.1, 0.15) is 5.82 Å². The zero-order valence-corrected chi connectivity index (χ0v) is 14.4. The molecule has 0 unspecified atom stereocenters. The van der Waals surface area contributed by atoms with Gasteiger partial charge in [-0.05, 0) is 62.4 Å². The number of nitrogens with zero attached hydrogens (tertiary/aromatic N) is 1. The van der Waals surface area contributed by atoms with Crippen molar-refractivity contribution in [3.05, 3.63) is 59.9 Å². The Bertz CT molecular complexity index is 757. The molecule has 0 saturated heterocycles. The van der Waals surface area contributed by atoms with Crippen molar-refractivity contribution < 1.29 is 4.39 Å². The Labute approximate surface area is 138 Å². The van der Waals surface area contributed by atoms with Crippen molar-refractivity contribution in [1.29, 1.82) is 0 Å². The lowest BCUT2D eigenvalue weighted by atomic mass is 9.98. The fraction of sp³-hybridized carbons (Fsp3) is 0.333. The molecule has 0 saturated carbocycles. The molecule has 0 aliphatic heterocycles. The van der Waals surface area contributed by atoms with Crippen LogP contribution in [0.3, 0.4) is 0 Å². The van der Waals surface area contributed by atoms with Crippen molar-refractivity contribution in [2.24, 2.45) is 5.41 Å². The molecule has 0 fully saturated rings. The lowest BCUT2D eigenvalue weighted by Gasteiger charge is -2.16. The van der Waals surface area contributed by atoms with Crippen LogP contribution in [0.4, 0.5) is 4.39 Å². The van der Waals surface area contributed by atoms with Crippen LogP contribution >= 0.6 is 0 Å². The Morgan fingerprint density at radius 2 is 1.91 bits per heavy atom. The quantitative estimate of drug-likeness (QED) is 0.717. The van der Waals surface area contributed by atoms with E-state index in [4.69, 9.17) is 0 Å². The van der Waals surface area contributed by atoms with Crippen LogP contribution in [0.5, 0.6) is 0 Å². The second kappa shape index (κ2) is 7.44. The van der Waals surface area contributed by atoms with Crippen LogP contribution in [0.1, 0.15) is 26.3 Å². The molecule has 2 aromatic carbocycles. The van der Waals surface area contributed by atoms with Gasteiger partial charge >= 0.3 is 0 Å². The molecule has 0 N–H and O–H groups in total. The molecule has 0 spiro atoms. The third-order valence-corrected chi connectivity index (χ3v) is 3.42. The third-order valence-electron chi connectivity index (χ3n) is 3.42. The van der Waals surface area contributed by atoms with E-state index in [1.165, 1.54) is 0 Å². The number of benzene rings is 2. The number of allylic oxidation sites excluding steroid dienone is 1. The normalized spacial score (nSPS) is 11.9. The first-order chi connectivity index (χ1) is 10.8. The third kappa shape index (κ3) is 5.54. The highest BCUT2D eigenvalue weighted by Gasteiger charge is 2.06. The Morgan fingerprint density at radius 3 is 2.65 bits per heavy atom. The molecule has 2 aromatic rings. The molecule has 0 aromatic heterocycles. The van der Waals surface area contributed by atoms with Crippen molar-refractivity contribution >= 4 is 10.8 Å². The minimum absolute atomic E-state index is 0.0245. The lowest BCUT2D eigenvalue weighted by Crippen LogP contribution is -2.17. The first kappa shape index (κ1) is 17.2. The van der Waals surface area contributed by atoms with E-state index >= 15 is 0 Å². The Balaban J connectivity index is 2.04. The zero-order valence-electron chi connectivity index (χ0n) is 14.4. The van der Waals surface area contributed by atoms with Crippen LogP contribution in [0.15, 0.2) is 48.6 Å². The summed E-state index contributed by atoms with van der Waals surface area (Å²) in [7, 11) is 2.03. The largest absolute Gasteiger partial charge is 0.298 e. The van der Waals surface area contributed by atoms with Gasteiger partial charge in [-0.2, -0.15) is 0 Å². The van der Waals surface area contributed by atoms with Crippen LogP contribution in [0.25, 0.3) is 10.8 Å². The molecule has 0 atom stereocenters. The van der Waals surface area contributed by atoms with Gasteiger partial charge in [-0.25, -0.2) is 4.39 Å². The van der Waals surface area contributed by atoms with Gasteiger partial charge in [0, 0.05) is 18.5 Å². The van der Waals surface area contributed by atoms with Crippen molar-refractivity contribution in [2.75, 3.05) is 13.6 Å². The smallest absolute Gasteiger partial charge is 0.124 e. The van der Waals surface area contributed by atoms with Crippen molar-refractivity contribution in [3.8, 4) is 11.8 Å². The minimum atomic E-state index is -0.182. The topological polar surface area (TPSA) is 3.24 Å². The molecule has 0 amide bonds. The maximum atomic E-state index is 13.8. The highest BCUT2D eigenvalue weighted by Crippen LogP contribution is 2.21. The standard InChI is InChI=1S/C21H24FN/c1-21(2,3)12-8-5-9-13-23(4)16-18-15-19(22)14-17-10-6-7-11-20(17)18/h5-7,9-11,14-15H,13,16H2,1-4H3/b9-5+. The van der Waals surface area contributed by atoms with Crippen LogP contribution in [0, 0.1) is 23.1 Å². The summed E-state index contributed by atoms with van der Waals surface area (Å²) >= 11 is 0. The van der Waals surface area contributed by atoms with E-state index in [0.717, 1.165) is 22.9 Å². The first-order valence-corrected chi connectivity index (χ1v) is 7.88. The van der Waals surface area contributed by atoms with Gasteiger partial charge in [0.15, 0.2) is 0 Å². The van der Waals surface area contributed by atoms with Crippen LogP contribution in [-0.4, -0.2) is 18.5 Å². The van der Waals surface area contributed by atoms with E-state index in [9.17, 15) is 4.39 Å². The van der Waals surface area contributed by atoms with Gasteiger partial charge in [0.2, 0.25) is 0 Å². The predicted molar refractivity (Wildman–Crippen MR) is 96.6 cm³/mol. The van der Waals surface area contributed by atoms with Crippen molar-refractivity contribution in [1.82, 2.24) is 4.90 Å². The van der Waals surface area contributed by atoms with Crippen LogP contribution < -0.4 is 0 Å². The summed E-state index contributed by atoms with van der Waals surface area (Å²) in [5, 5.41) is 2.06. The van der Waals surface area contributed by atoms with E-state index in [-0.39, 0.29) is 11.2 Å². The van der Waals surface area contributed by atoms with Gasteiger partial charge in [0.05, 0.1) is 0 Å². The summed E-state index contributed by atoms with van der Waals surface area (Å²) < 4.78 is 13.8. The Hall–Kier alpha value is -2.11. The molecule has 0 heterocycles. The first-order valence-electron chi connectivity index (χ1n) is 7.88. The molecule has 1 nitrogen and oxygen atoms in total. The summed E-state index contributed by atoms with van der Waals surface area (Å²) in [6.07, 6.45) is 3.94. The summed E-state index contributed by atoms with van der Waals surface area (Å²) in [5.74, 6) is 6.06. The number of likely N-dealkylation sites (N-methyl/N-ethyl adjacent to an activating group) is 1. The molecule has 2 rings (SSSR count). The molecule has 0 aliphatic rings. The highest BCUT2D eigenvalue weighted by atomic mass is 19.1. The van der Waals surface area contributed by atoms with Gasteiger partial charge in [0.25, 0.3) is 0 Å². The molecule has 0 aliphatic carbocycles. The van der Waals surface area contributed by atoms with E-state index in [1.807, 2.05) is 43.5 Å². The number of hydrogen-bond donors (Lipinski definition) is 0. The van der Waals surface area contributed by atoms with Crippen molar-refractivity contribution in [2.45, 2.75) is 27.3 Å². The Morgan fingerprint density at radius 1 is 1.17 bits per heavy atom. The highest BCUT2D eigenvalue weighted by molar-refractivity contribution is 5.85. The van der Waals surface area contributed by atoms with Gasteiger partial charge < -0.3 is 0 Å². The fourth-order valence-corrected chi connectivity index (χ4v) is 2.39. The molecular formula is C21H24FN. The predicted octanol–water partition coefficient (Wildman–Crippen LogP) is 5.02. The maximum Gasteiger partial charge on any atom is 0.124 e. The average Bonchev–Trinajstić information content (AvgIpc) is 2.45. The van der Waals surface area contributed by atoms with Gasteiger partial charge in [-0.3, -0.25) is 4.90 Å². The molecule has 2 heteroatoms. The zero-order chi connectivity index (χ0) is 16.9. The van der Waals surface area contributed by atoms with E-state index in [0.29, 0.717) is 6.54 Å². The lowest BCUT2D eigenvalue weighted by molar-refractivity contribution is 0.364. The second-order valence-corrected chi connectivity index (χ2v) is 6.90.